The SMILES string of the molecule is OC1(CC2COc3ccccc3O2)CC1. The highest BCUT2D eigenvalue weighted by Crippen LogP contribution is 2.41. The van der Waals surface area contributed by atoms with Crippen molar-refractivity contribution in [3.63, 3.8) is 0 Å². The van der Waals surface area contributed by atoms with Gasteiger partial charge in [-0.2, -0.15) is 0 Å². The third-order valence-corrected chi connectivity index (χ3v) is 3.00. The lowest BCUT2D eigenvalue weighted by atomic mass is 10.1. The summed E-state index contributed by atoms with van der Waals surface area (Å²) in [5.74, 6) is 1.59. The topological polar surface area (TPSA) is 38.7 Å². The summed E-state index contributed by atoms with van der Waals surface area (Å²) in [6.45, 7) is 0.541. The minimum absolute atomic E-state index is 0.00704. The largest absolute Gasteiger partial charge is 0.486 e. The van der Waals surface area contributed by atoms with Crippen LogP contribution in [0.15, 0.2) is 24.3 Å². The first-order valence-electron chi connectivity index (χ1n) is 5.36. The van der Waals surface area contributed by atoms with Gasteiger partial charge in [0, 0.05) is 6.42 Å². The van der Waals surface area contributed by atoms with E-state index in [2.05, 4.69) is 0 Å². The average molecular weight is 206 g/mol. The molecule has 0 aromatic heterocycles. The van der Waals surface area contributed by atoms with E-state index in [1.54, 1.807) is 0 Å². The Morgan fingerprint density at radius 3 is 2.73 bits per heavy atom. The van der Waals surface area contributed by atoms with Crippen LogP contribution < -0.4 is 9.47 Å². The lowest BCUT2D eigenvalue weighted by Gasteiger charge is -2.27. The predicted octanol–water partition coefficient (Wildman–Crippen LogP) is 1.74. The number of rotatable bonds is 2. The minimum atomic E-state index is -0.472. The first-order valence-corrected chi connectivity index (χ1v) is 5.36. The van der Waals surface area contributed by atoms with Crippen molar-refractivity contribution in [1.29, 1.82) is 0 Å². The Kier molecular flexibility index (Phi) is 1.89. The van der Waals surface area contributed by atoms with E-state index in [-0.39, 0.29) is 6.10 Å². The number of benzene rings is 1. The van der Waals surface area contributed by atoms with Gasteiger partial charge in [-0.05, 0) is 25.0 Å². The fraction of sp³-hybridized carbons (Fsp3) is 0.500. The Hall–Kier alpha value is -1.22. The van der Waals surface area contributed by atoms with E-state index in [9.17, 15) is 5.11 Å². The molecule has 0 saturated heterocycles. The second kappa shape index (κ2) is 3.14. The zero-order valence-corrected chi connectivity index (χ0v) is 8.48. The van der Waals surface area contributed by atoms with Gasteiger partial charge in [0.1, 0.15) is 12.7 Å². The zero-order chi connectivity index (χ0) is 10.3. The Bertz CT molecular complexity index is 371. The highest BCUT2D eigenvalue weighted by Gasteiger charge is 2.43. The first-order chi connectivity index (χ1) is 7.25. The third kappa shape index (κ3) is 1.79. The average Bonchev–Trinajstić information content (AvgIpc) is 2.96. The summed E-state index contributed by atoms with van der Waals surface area (Å²) < 4.78 is 11.3. The smallest absolute Gasteiger partial charge is 0.161 e. The van der Waals surface area contributed by atoms with Gasteiger partial charge in [-0.25, -0.2) is 0 Å². The summed E-state index contributed by atoms with van der Waals surface area (Å²) >= 11 is 0. The standard InChI is InChI=1S/C12H14O3/c13-12(5-6-12)7-9-8-14-10-3-1-2-4-11(10)15-9/h1-4,9,13H,5-8H2. The van der Waals surface area contributed by atoms with Gasteiger partial charge in [-0.1, -0.05) is 12.1 Å². The number of aliphatic hydroxyl groups is 1. The van der Waals surface area contributed by atoms with Crippen LogP contribution in [0.5, 0.6) is 11.5 Å². The first kappa shape index (κ1) is 9.04. The quantitative estimate of drug-likeness (QED) is 0.801. The number of hydrogen-bond acceptors (Lipinski definition) is 3. The maximum atomic E-state index is 9.79. The molecule has 0 radical (unpaired) electrons. The van der Waals surface area contributed by atoms with Crippen molar-refractivity contribution >= 4 is 0 Å². The summed E-state index contributed by atoms with van der Waals surface area (Å²) in [5.41, 5.74) is -0.472. The summed E-state index contributed by atoms with van der Waals surface area (Å²) in [5, 5.41) is 9.79. The van der Waals surface area contributed by atoms with E-state index in [4.69, 9.17) is 9.47 Å². The summed E-state index contributed by atoms with van der Waals surface area (Å²) in [6, 6.07) is 7.66. The molecule has 1 saturated carbocycles. The van der Waals surface area contributed by atoms with E-state index in [1.807, 2.05) is 24.3 Å². The molecular formula is C12H14O3. The van der Waals surface area contributed by atoms with Gasteiger partial charge in [0.25, 0.3) is 0 Å². The molecule has 1 fully saturated rings. The fourth-order valence-corrected chi connectivity index (χ4v) is 1.94. The summed E-state index contributed by atoms with van der Waals surface area (Å²) in [4.78, 5) is 0. The molecule has 80 valence electrons. The number of para-hydroxylation sites is 2. The molecule has 3 rings (SSSR count). The van der Waals surface area contributed by atoms with E-state index < -0.39 is 5.60 Å². The Morgan fingerprint density at radius 1 is 1.27 bits per heavy atom. The molecule has 1 unspecified atom stereocenters. The van der Waals surface area contributed by atoms with E-state index in [1.165, 1.54) is 0 Å². The van der Waals surface area contributed by atoms with Crippen molar-refractivity contribution in [3.8, 4) is 11.5 Å². The highest BCUT2D eigenvalue weighted by atomic mass is 16.6. The second-order valence-electron chi connectivity index (χ2n) is 4.43. The van der Waals surface area contributed by atoms with Crippen LogP contribution in [0, 0.1) is 0 Å². The van der Waals surface area contributed by atoms with E-state index in [0.29, 0.717) is 13.0 Å². The van der Waals surface area contributed by atoms with Crippen LogP contribution in [0.3, 0.4) is 0 Å². The van der Waals surface area contributed by atoms with Crippen molar-refractivity contribution in [2.45, 2.75) is 31.0 Å². The monoisotopic (exact) mass is 206 g/mol. The van der Waals surface area contributed by atoms with E-state index >= 15 is 0 Å². The Labute approximate surface area is 88.6 Å². The molecular weight excluding hydrogens is 192 g/mol. The number of hydrogen-bond donors (Lipinski definition) is 1. The molecule has 3 nitrogen and oxygen atoms in total. The predicted molar refractivity (Wildman–Crippen MR) is 55.2 cm³/mol. The molecule has 0 spiro atoms. The molecule has 1 heterocycles. The molecule has 1 aromatic rings. The van der Waals surface area contributed by atoms with Crippen LogP contribution in [0.1, 0.15) is 19.3 Å². The van der Waals surface area contributed by atoms with E-state index in [0.717, 1.165) is 24.3 Å². The van der Waals surface area contributed by atoms with Crippen molar-refractivity contribution in [3.05, 3.63) is 24.3 Å². The molecule has 1 N–H and O–H groups in total. The Balaban J connectivity index is 1.72. The number of fused-ring (bicyclic) bond motifs is 1. The molecule has 0 bridgehead atoms. The molecule has 1 atom stereocenters. The minimum Gasteiger partial charge on any atom is -0.486 e. The molecule has 1 aliphatic carbocycles. The lowest BCUT2D eigenvalue weighted by Crippen LogP contribution is -2.33. The van der Waals surface area contributed by atoms with Crippen molar-refractivity contribution in [2.24, 2.45) is 0 Å². The van der Waals surface area contributed by atoms with Crippen LogP contribution in [0.2, 0.25) is 0 Å². The maximum absolute atomic E-state index is 9.79. The van der Waals surface area contributed by atoms with Gasteiger partial charge in [-0.3, -0.25) is 0 Å². The van der Waals surface area contributed by atoms with Crippen LogP contribution in [-0.2, 0) is 0 Å². The normalized spacial score (nSPS) is 26.1. The van der Waals surface area contributed by atoms with Gasteiger partial charge in [-0.15, -0.1) is 0 Å². The molecule has 2 aliphatic rings. The van der Waals surface area contributed by atoms with Gasteiger partial charge < -0.3 is 14.6 Å². The Morgan fingerprint density at radius 2 is 2.00 bits per heavy atom. The van der Waals surface area contributed by atoms with Gasteiger partial charge >= 0.3 is 0 Å². The highest BCUT2D eigenvalue weighted by molar-refractivity contribution is 5.40. The van der Waals surface area contributed by atoms with Gasteiger partial charge in [0.15, 0.2) is 11.5 Å². The van der Waals surface area contributed by atoms with Crippen LogP contribution in [0.25, 0.3) is 0 Å². The van der Waals surface area contributed by atoms with Gasteiger partial charge in [0.05, 0.1) is 5.60 Å². The van der Waals surface area contributed by atoms with Crippen LogP contribution in [0.4, 0.5) is 0 Å². The molecule has 1 aromatic carbocycles. The fourth-order valence-electron chi connectivity index (χ4n) is 1.94. The van der Waals surface area contributed by atoms with Crippen molar-refractivity contribution in [1.82, 2.24) is 0 Å². The third-order valence-electron chi connectivity index (χ3n) is 3.00. The zero-order valence-electron chi connectivity index (χ0n) is 8.48. The second-order valence-corrected chi connectivity index (χ2v) is 4.43. The molecule has 0 amide bonds. The molecule has 15 heavy (non-hydrogen) atoms. The maximum Gasteiger partial charge on any atom is 0.161 e. The van der Waals surface area contributed by atoms with Gasteiger partial charge in [0.2, 0.25) is 0 Å². The van der Waals surface area contributed by atoms with Crippen LogP contribution in [-0.4, -0.2) is 23.4 Å². The number of ether oxygens (including phenoxy) is 2. The van der Waals surface area contributed by atoms with Crippen LogP contribution >= 0.6 is 0 Å². The van der Waals surface area contributed by atoms with Crippen molar-refractivity contribution in [2.75, 3.05) is 6.61 Å². The molecule has 1 aliphatic heterocycles. The summed E-state index contributed by atoms with van der Waals surface area (Å²) in [6.07, 6.45) is 2.47. The lowest BCUT2D eigenvalue weighted by molar-refractivity contribution is 0.0321. The summed E-state index contributed by atoms with van der Waals surface area (Å²) in [7, 11) is 0. The molecule has 3 heteroatoms. The van der Waals surface area contributed by atoms with Crippen molar-refractivity contribution < 1.29 is 14.6 Å².